The SMILES string of the molecule is c1ccc(-c2nc(-c3cccc4oc5ccccc5c34)nc(-c3cccc4sc5ccc6nc(-c7ccccc7)sc6c5c34)n2)cc1. The number of nitrogens with zero attached hydrogens (tertiary/aromatic N) is 4. The monoisotopic (exact) mass is 638 g/mol. The maximum absolute atomic E-state index is 6.24. The summed E-state index contributed by atoms with van der Waals surface area (Å²) < 4.78 is 9.82. The minimum absolute atomic E-state index is 0.608. The first-order valence-corrected chi connectivity index (χ1v) is 16.9. The highest BCUT2D eigenvalue weighted by molar-refractivity contribution is 7.28. The highest BCUT2D eigenvalue weighted by Gasteiger charge is 2.21. The summed E-state index contributed by atoms with van der Waals surface area (Å²) in [5.41, 5.74) is 6.58. The molecule has 220 valence electrons. The van der Waals surface area contributed by atoms with Crippen LogP contribution in [0.15, 0.2) is 138 Å². The van der Waals surface area contributed by atoms with Crippen molar-refractivity contribution in [2.24, 2.45) is 0 Å². The molecule has 10 aromatic rings. The third-order valence-electron chi connectivity index (χ3n) is 8.59. The quantitative estimate of drug-likeness (QED) is 0.192. The minimum Gasteiger partial charge on any atom is -0.456 e. The Labute approximate surface area is 276 Å². The number of benzene rings is 6. The molecule has 5 nitrogen and oxygen atoms in total. The molecule has 4 aromatic heterocycles. The second kappa shape index (κ2) is 10.4. The van der Waals surface area contributed by atoms with E-state index in [4.69, 9.17) is 24.4 Å². The number of furan rings is 1. The second-order valence-electron chi connectivity index (χ2n) is 11.4. The van der Waals surface area contributed by atoms with Gasteiger partial charge in [-0.1, -0.05) is 103 Å². The molecule has 0 radical (unpaired) electrons. The van der Waals surface area contributed by atoms with Gasteiger partial charge >= 0.3 is 0 Å². The van der Waals surface area contributed by atoms with E-state index in [0.717, 1.165) is 60.1 Å². The summed E-state index contributed by atoms with van der Waals surface area (Å²) in [7, 11) is 0. The van der Waals surface area contributed by atoms with Crippen LogP contribution in [0, 0.1) is 0 Å². The highest BCUT2D eigenvalue weighted by Crippen LogP contribution is 2.46. The third-order valence-corrected chi connectivity index (χ3v) is 10.8. The van der Waals surface area contributed by atoms with Crippen molar-refractivity contribution in [3.8, 4) is 44.7 Å². The lowest BCUT2D eigenvalue weighted by Gasteiger charge is -2.10. The smallest absolute Gasteiger partial charge is 0.164 e. The third kappa shape index (κ3) is 4.21. The predicted molar refractivity (Wildman–Crippen MR) is 195 cm³/mol. The lowest BCUT2D eigenvalue weighted by atomic mass is 10.0. The van der Waals surface area contributed by atoms with Crippen LogP contribution < -0.4 is 0 Å². The molecule has 0 unspecified atom stereocenters. The molecule has 0 fully saturated rings. The van der Waals surface area contributed by atoms with E-state index in [1.54, 1.807) is 22.7 Å². The van der Waals surface area contributed by atoms with Gasteiger partial charge in [-0.3, -0.25) is 0 Å². The van der Waals surface area contributed by atoms with Crippen LogP contribution in [0.2, 0.25) is 0 Å². The molecule has 0 amide bonds. The zero-order valence-electron chi connectivity index (χ0n) is 24.7. The number of thiophene rings is 1. The second-order valence-corrected chi connectivity index (χ2v) is 13.5. The molecule has 0 bridgehead atoms. The standard InChI is InChI=1S/C40H22N4OS2/c1-3-11-23(12-4-1)37-42-38(26-16-9-19-30-33(26)25-15-7-8-18-29(25)45-30)44-39(43-37)27-17-10-20-31-34(27)35-32(46-31)22-21-28-36(35)47-40(41-28)24-13-5-2-6-14-24/h1-22H. The minimum atomic E-state index is 0.608. The van der Waals surface area contributed by atoms with Crippen molar-refractivity contribution < 1.29 is 4.42 Å². The topological polar surface area (TPSA) is 64.7 Å². The Balaban J connectivity index is 1.27. The van der Waals surface area contributed by atoms with Crippen LogP contribution in [-0.2, 0) is 0 Å². The van der Waals surface area contributed by atoms with Gasteiger partial charge in [0.1, 0.15) is 16.2 Å². The van der Waals surface area contributed by atoms with Crippen LogP contribution in [0.3, 0.4) is 0 Å². The number of rotatable bonds is 4. The number of thiazole rings is 1. The Bertz CT molecular complexity index is 2800. The summed E-state index contributed by atoms with van der Waals surface area (Å²) in [5.74, 6) is 1.87. The van der Waals surface area contributed by atoms with Crippen molar-refractivity contribution >= 4 is 75.0 Å². The summed E-state index contributed by atoms with van der Waals surface area (Å²) in [6.45, 7) is 0. The summed E-state index contributed by atoms with van der Waals surface area (Å²) >= 11 is 3.53. The van der Waals surface area contributed by atoms with Gasteiger partial charge in [0.2, 0.25) is 0 Å². The first-order valence-electron chi connectivity index (χ1n) is 15.3. The lowest BCUT2D eigenvalue weighted by Crippen LogP contribution is -2.00. The van der Waals surface area contributed by atoms with E-state index in [2.05, 4.69) is 66.7 Å². The van der Waals surface area contributed by atoms with Gasteiger partial charge in [0.25, 0.3) is 0 Å². The highest BCUT2D eigenvalue weighted by atomic mass is 32.1. The van der Waals surface area contributed by atoms with Gasteiger partial charge in [0.05, 0.1) is 10.2 Å². The predicted octanol–water partition coefficient (Wildman–Crippen LogP) is 11.4. The molecule has 0 spiro atoms. The van der Waals surface area contributed by atoms with Crippen molar-refractivity contribution in [3.63, 3.8) is 0 Å². The summed E-state index contributed by atoms with van der Waals surface area (Å²) in [6.07, 6.45) is 0. The maximum atomic E-state index is 6.24. The van der Waals surface area contributed by atoms with Crippen LogP contribution in [0.4, 0.5) is 0 Å². The molecule has 0 atom stereocenters. The van der Waals surface area contributed by atoms with E-state index < -0.39 is 0 Å². The normalized spacial score (nSPS) is 11.8. The zero-order valence-corrected chi connectivity index (χ0v) is 26.3. The van der Waals surface area contributed by atoms with Gasteiger partial charge in [-0.2, -0.15) is 0 Å². The van der Waals surface area contributed by atoms with Gasteiger partial charge in [0.15, 0.2) is 17.5 Å². The Kier molecular flexibility index (Phi) is 5.85. The fourth-order valence-electron chi connectivity index (χ4n) is 6.47. The Hall–Kier alpha value is -5.76. The maximum Gasteiger partial charge on any atom is 0.164 e. The summed E-state index contributed by atoms with van der Waals surface area (Å²) in [4.78, 5) is 20.5. The number of hydrogen-bond acceptors (Lipinski definition) is 7. The van der Waals surface area contributed by atoms with Gasteiger partial charge in [0, 0.05) is 53.2 Å². The van der Waals surface area contributed by atoms with Crippen LogP contribution in [0.1, 0.15) is 0 Å². The van der Waals surface area contributed by atoms with Gasteiger partial charge in [-0.25, -0.2) is 19.9 Å². The molecule has 4 heterocycles. The Morgan fingerprint density at radius 3 is 1.87 bits per heavy atom. The number of aromatic nitrogens is 4. The zero-order chi connectivity index (χ0) is 30.9. The van der Waals surface area contributed by atoms with Gasteiger partial charge in [-0.15, -0.1) is 22.7 Å². The van der Waals surface area contributed by atoms with Crippen molar-refractivity contribution in [1.82, 2.24) is 19.9 Å². The van der Waals surface area contributed by atoms with Crippen molar-refractivity contribution in [1.29, 1.82) is 0 Å². The van der Waals surface area contributed by atoms with E-state index in [1.807, 2.05) is 66.7 Å². The molecule has 10 rings (SSSR count). The van der Waals surface area contributed by atoms with Crippen LogP contribution >= 0.6 is 22.7 Å². The molecule has 6 aromatic carbocycles. The van der Waals surface area contributed by atoms with E-state index >= 15 is 0 Å². The molecule has 0 saturated carbocycles. The van der Waals surface area contributed by atoms with Gasteiger partial charge in [-0.05, 0) is 30.3 Å². The van der Waals surface area contributed by atoms with Crippen molar-refractivity contribution in [2.75, 3.05) is 0 Å². The van der Waals surface area contributed by atoms with E-state index in [-0.39, 0.29) is 0 Å². The number of fused-ring (bicyclic) bond motifs is 8. The fourth-order valence-corrected chi connectivity index (χ4v) is 8.80. The van der Waals surface area contributed by atoms with Gasteiger partial charge < -0.3 is 4.42 Å². The first-order chi connectivity index (χ1) is 23.3. The average molecular weight is 639 g/mol. The van der Waals surface area contributed by atoms with Crippen molar-refractivity contribution in [2.45, 2.75) is 0 Å². The molecular weight excluding hydrogens is 617 g/mol. The van der Waals surface area contributed by atoms with Crippen LogP contribution in [-0.4, -0.2) is 19.9 Å². The molecular formula is C40H22N4OS2. The van der Waals surface area contributed by atoms with E-state index in [0.29, 0.717) is 17.5 Å². The molecule has 0 saturated heterocycles. The first kappa shape index (κ1) is 26.5. The lowest BCUT2D eigenvalue weighted by molar-refractivity contribution is 0.669. The summed E-state index contributed by atoms with van der Waals surface area (Å²) in [6, 6.07) is 45.5. The Morgan fingerprint density at radius 1 is 0.426 bits per heavy atom. The van der Waals surface area contributed by atoms with E-state index in [1.165, 1.54) is 19.5 Å². The Morgan fingerprint density at radius 2 is 1.06 bits per heavy atom. The molecule has 0 aliphatic rings. The van der Waals surface area contributed by atoms with Crippen molar-refractivity contribution in [3.05, 3.63) is 133 Å². The largest absolute Gasteiger partial charge is 0.456 e. The van der Waals surface area contributed by atoms with Crippen LogP contribution in [0.25, 0.3) is 97.1 Å². The number of hydrogen-bond donors (Lipinski definition) is 0. The molecule has 0 aliphatic heterocycles. The summed E-state index contributed by atoms with van der Waals surface area (Å²) in [5, 5.41) is 5.39. The van der Waals surface area contributed by atoms with E-state index in [9.17, 15) is 0 Å². The van der Waals surface area contributed by atoms with Crippen LogP contribution in [0.5, 0.6) is 0 Å². The average Bonchev–Trinajstić information content (AvgIpc) is 3.85. The molecule has 0 N–H and O–H groups in total. The molecule has 0 aliphatic carbocycles. The number of para-hydroxylation sites is 1. The molecule has 7 heteroatoms. The molecule has 47 heavy (non-hydrogen) atoms. The fraction of sp³-hybridized carbons (Fsp3) is 0.